The smallest absolute Gasteiger partial charge is 0.0753 e. The first kappa shape index (κ1) is 5.18. The molecule has 0 unspecified atom stereocenters. The van der Waals surface area contributed by atoms with Gasteiger partial charge in [-0.2, -0.15) is 0 Å². The van der Waals surface area contributed by atoms with Gasteiger partial charge in [0.25, 0.3) is 0 Å². The molecule has 0 aromatic rings. The predicted octanol–water partition coefficient (Wildman–Crippen LogP) is -0.572. The second-order valence-corrected chi connectivity index (χ2v) is 1.48. The maximum atomic E-state index is 3.03. The van der Waals surface area contributed by atoms with E-state index in [0.717, 1.165) is 16.8 Å². The van der Waals surface area contributed by atoms with Gasteiger partial charge in [-0.25, -0.2) is 0 Å². The molecule has 31 valence electrons. The summed E-state index contributed by atoms with van der Waals surface area (Å²) in [6.07, 6.45) is 1.14. The van der Waals surface area contributed by atoms with Crippen LogP contribution in [0.1, 0.15) is 13.3 Å². The lowest BCUT2D eigenvalue weighted by Crippen LogP contribution is -2.00. The Kier molecular flexibility index (Phi) is 4.32. The number of hydrogen-bond donors (Lipinski definition) is 1. The summed E-state index contributed by atoms with van der Waals surface area (Å²) in [5, 5.41) is 0. The van der Waals surface area contributed by atoms with Gasteiger partial charge in [0, 0.05) is 6.54 Å². The van der Waals surface area contributed by atoms with Crippen LogP contribution in [0.25, 0.3) is 0 Å². The van der Waals surface area contributed by atoms with Crippen LogP contribution in [0.2, 0.25) is 0 Å². The summed E-state index contributed by atoms with van der Waals surface area (Å²) >= 11 is 0. The molecule has 0 saturated carbocycles. The molecule has 2 heteroatoms. The molecule has 0 aliphatic heterocycles. The zero-order valence-electron chi connectivity index (χ0n) is 3.78. The van der Waals surface area contributed by atoms with Gasteiger partial charge in [0.1, 0.15) is 0 Å². The third-order valence-electron chi connectivity index (χ3n) is 0.408. The molecule has 0 aliphatic carbocycles. The fourth-order valence-corrected chi connectivity index (χ4v) is 0.612. The number of rotatable bonds is 2. The topological polar surface area (TPSA) is 12.0 Å². The molecule has 1 N–H and O–H groups in total. The number of hydrogen-bond acceptors (Lipinski definition) is 1. The third kappa shape index (κ3) is 4.18. The highest BCUT2D eigenvalue weighted by molar-refractivity contribution is 6.04. The van der Waals surface area contributed by atoms with Crippen molar-refractivity contribution in [1.82, 2.24) is 4.98 Å². The molecular weight excluding hydrogens is 78.1 g/mol. The molecule has 0 saturated heterocycles. The van der Waals surface area contributed by atoms with E-state index in [4.69, 9.17) is 0 Å². The highest BCUT2D eigenvalue weighted by Crippen LogP contribution is 1.70. The maximum Gasteiger partial charge on any atom is 0.0753 e. The largest absolute Gasteiger partial charge is 0.341 e. The van der Waals surface area contributed by atoms with Crippen molar-refractivity contribution in [1.29, 1.82) is 0 Å². The summed E-state index contributed by atoms with van der Waals surface area (Å²) < 4.78 is 0. The van der Waals surface area contributed by atoms with Gasteiger partial charge in [-0.1, -0.05) is 6.92 Å². The van der Waals surface area contributed by atoms with Gasteiger partial charge in [0.15, 0.2) is 0 Å². The third-order valence-corrected chi connectivity index (χ3v) is 0.816. The van der Waals surface area contributed by atoms with Crippen LogP contribution >= 0.6 is 0 Å². The first-order valence-electron chi connectivity index (χ1n) is 1.90. The Morgan fingerprint density at radius 3 is 2.60 bits per heavy atom. The van der Waals surface area contributed by atoms with Crippen molar-refractivity contribution in [3.8, 4) is 0 Å². The van der Waals surface area contributed by atoms with Crippen molar-refractivity contribution in [2.75, 3.05) is 0 Å². The molecule has 0 amide bonds. The highest BCUT2D eigenvalue weighted by Gasteiger charge is 1.65. The van der Waals surface area contributed by atoms with Crippen LogP contribution in [-0.2, 0) is 0 Å². The van der Waals surface area contributed by atoms with Crippen molar-refractivity contribution in [3.05, 3.63) is 6.54 Å². The summed E-state index contributed by atoms with van der Waals surface area (Å²) in [6, 6.07) is 0. The lowest BCUT2D eigenvalue weighted by atomic mass is 10.5. The van der Waals surface area contributed by atoms with Gasteiger partial charge in [-0.3, -0.25) is 0 Å². The van der Waals surface area contributed by atoms with Crippen molar-refractivity contribution >= 4 is 10.4 Å². The Morgan fingerprint density at radius 2 is 2.60 bits per heavy atom. The van der Waals surface area contributed by atoms with Gasteiger partial charge in [-0.15, -0.1) is 0 Å². The fraction of sp³-hybridized carbons (Fsp3) is 0.667. The van der Waals surface area contributed by atoms with E-state index in [-0.39, 0.29) is 0 Å². The van der Waals surface area contributed by atoms with Crippen molar-refractivity contribution in [3.63, 3.8) is 0 Å². The summed E-state index contributed by atoms with van der Waals surface area (Å²) in [6.45, 7) is 4.18. The summed E-state index contributed by atoms with van der Waals surface area (Å²) in [5.41, 5.74) is 0. The predicted molar refractivity (Wildman–Crippen MR) is 27.7 cm³/mol. The van der Waals surface area contributed by atoms with Gasteiger partial charge in [-0.05, 0) is 6.42 Å². The first-order valence-corrected chi connectivity index (χ1v) is 2.90. The molecule has 1 nitrogen and oxygen atoms in total. The molecule has 0 aromatic carbocycles. The van der Waals surface area contributed by atoms with Crippen LogP contribution in [0.5, 0.6) is 0 Å². The van der Waals surface area contributed by atoms with Crippen molar-refractivity contribution in [2.24, 2.45) is 0 Å². The second-order valence-electron chi connectivity index (χ2n) is 0.901. The van der Waals surface area contributed by atoms with E-state index in [1.165, 1.54) is 0 Å². The summed E-state index contributed by atoms with van der Waals surface area (Å²) in [4.78, 5) is 3.03. The molecule has 0 spiro atoms. The van der Waals surface area contributed by atoms with E-state index in [1.54, 1.807) is 0 Å². The molecular formula is C3H10NSi. The Balaban J connectivity index is 2.19. The van der Waals surface area contributed by atoms with Crippen LogP contribution < -0.4 is 4.98 Å². The molecule has 1 radical (unpaired) electrons. The molecule has 0 fully saturated rings. The minimum atomic E-state index is 1.09. The first-order chi connectivity index (χ1) is 2.41. The van der Waals surface area contributed by atoms with Crippen molar-refractivity contribution in [2.45, 2.75) is 13.3 Å². The van der Waals surface area contributed by atoms with Crippen LogP contribution in [0.4, 0.5) is 0 Å². The van der Waals surface area contributed by atoms with Crippen LogP contribution in [0.3, 0.4) is 0 Å². The summed E-state index contributed by atoms with van der Waals surface area (Å²) in [5.74, 6) is 0. The van der Waals surface area contributed by atoms with Crippen LogP contribution in [0.15, 0.2) is 0 Å². The molecule has 0 aliphatic rings. The van der Waals surface area contributed by atoms with Gasteiger partial charge in [0.2, 0.25) is 0 Å². The highest BCUT2D eigenvalue weighted by atomic mass is 28.2. The molecule has 0 atom stereocenters. The lowest BCUT2D eigenvalue weighted by Gasteiger charge is -1.83. The van der Waals surface area contributed by atoms with Crippen molar-refractivity contribution < 1.29 is 0 Å². The normalized spacial score (nSPS) is 9.00. The molecule has 0 heterocycles. The Labute approximate surface area is 36.3 Å². The minimum Gasteiger partial charge on any atom is -0.341 e. The molecule has 0 aromatic heterocycles. The monoisotopic (exact) mass is 88.1 g/mol. The quantitative estimate of drug-likeness (QED) is 0.446. The lowest BCUT2D eigenvalue weighted by molar-refractivity contribution is 1.00. The average molecular weight is 88.2 g/mol. The van der Waals surface area contributed by atoms with Crippen LogP contribution in [-0.4, -0.2) is 10.4 Å². The van der Waals surface area contributed by atoms with Gasteiger partial charge in [0.05, 0.1) is 10.4 Å². The van der Waals surface area contributed by atoms with E-state index in [9.17, 15) is 0 Å². The van der Waals surface area contributed by atoms with E-state index < -0.39 is 0 Å². The second kappa shape index (κ2) is 4.18. The summed E-state index contributed by atoms with van der Waals surface area (Å²) in [7, 11) is 1.09. The average Bonchev–Trinajstić information content (AvgIpc) is 1.41. The Hall–Kier alpha value is 0.177. The molecule has 5 heavy (non-hydrogen) atoms. The minimum absolute atomic E-state index is 1.09. The van der Waals surface area contributed by atoms with E-state index in [0.29, 0.717) is 0 Å². The maximum absolute atomic E-state index is 3.03. The van der Waals surface area contributed by atoms with E-state index in [2.05, 4.69) is 18.5 Å². The number of nitrogens with one attached hydrogen (secondary N) is 1. The SMILES string of the molecule is CC[CH]N[SiH3]. The van der Waals surface area contributed by atoms with Gasteiger partial charge >= 0.3 is 0 Å². The Morgan fingerprint density at radius 1 is 2.00 bits per heavy atom. The standard InChI is InChI=1S/C3H10NSi/c1-2-3-4-5/h3-4H,2H2,1,5H3. The molecule has 0 bridgehead atoms. The zero-order chi connectivity index (χ0) is 4.12. The van der Waals surface area contributed by atoms with E-state index in [1.807, 2.05) is 0 Å². The Bertz CT molecular complexity index is 14.4. The van der Waals surface area contributed by atoms with Crippen LogP contribution in [0, 0.1) is 6.54 Å². The van der Waals surface area contributed by atoms with E-state index >= 15 is 0 Å². The zero-order valence-corrected chi connectivity index (χ0v) is 5.78. The fourth-order valence-electron chi connectivity index (χ4n) is 0.204. The van der Waals surface area contributed by atoms with Gasteiger partial charge < -0.3 is 4.98 Å². The molecule has 0 rings (SSSR count).